The minimum atomic E-state index is -0.851. The van der Waals surface area contributed by atoms with Gasteiger partial charge < -0.3 is 20.4 Å². The third kappa shape index (κ3) is 6.56. The first-order valence-corrected chi connectivity index (χ1v) is 11.8. The largest absolute Gasteiger partial charge is 0.390 e. The van der Waals surface area contributed by atoms with Gasteiger partial charge in [-0.1, -0.05) is 49.1 Å². The molecule has 1 fully saturated rings. The molecule has 0 aliphatic heterocycles. The Hall–Kier alpha value is -3.48. The lowest BCUT2D eigenvalue weighted by atomic mass is 10.00. The van der Waals surface area contributed by atoms with Crippen LogP contribution in [0.15, 0.2) is 78.5 Å². The molecular weight excluding hydrogens is 436 g/mol. The van der Waals surface area contributed by atoms with Crippen molar-refractivity contribution in [1.29, 1.82) is 0 Å². The van der Waals surface area contributed by atoms with Gasteiger partial charge >= 0.3 is 0 Å². The molecule has 184 valence electrons. The van der Waals surface area contributed by atoms with Gasteiger partial charge in [0.05, 0.1) is 23.9 Å². The van der Waals surface area contributed by atoms with Crippen molar-refractivity contribution in [2.75, 3.05) is 26.5 Å². The fraction of sp³-hybridized carbons (Fsp3) is 0.310. The number of hydrogen-bond donors (Lipinski definition) is 3. The van der Waals surface area contributed by atoms with E-state index in [2.05, 4.69) is 35.6 Å². The Morgan fingerprint density at radius 1 is 1.17 bits per heavy atom. The molecule has 1 heterocycles. The van der Waals surface area contributed by atoms with E-state index in [0.717, 1.165) is 39.1 Å². The van der Waals surface area contributed by atoms with Gasteiger partial charge in [0.25, 0.3) is 0 Å². The minimum absolute atomic E-state index is 0.294. The van der Waals surface area contributed by atoms with Crippen molar-refractivity contribution in [3.8, 4) is 11.3 Å². The van der Waals surface area contributed by atoms with Gasteiger partial charge in [-0.3, -0.25) is 4.99 Å². The van der Waals surface area contributed by atoms with Crippen molar-refractivity contribution < 1.29 is 10.2 Å². The molecule has 6 nitrogen and oxygen atoms in total. The number of aliphatic hydroxyl groups is 2. The number of nitrogens with one attached hydrogen (secondary N) is 1. The molecule has 1 aromatic heterocycles. The van der Waals surface area contributed by atoms with E-state index in [4.69, 9.17) is 4.98 Å². The number of aromatic nitrogens is 1. The molecule has 3 N–H and O–H groups in total. The summed E-state index contributed by atoms with van der Waals surface area (Å²) in [6.45, 7) is 9.90. The van der Waals surface area contributed by atoms with Crippen molar-refractivity contribution in [3.63, 3.8) is 0 Å². The van der Waals surface area contributed by atoms with E-state index in [1.807, 2.05) is 68.5 Å². The second kappa shape index (κ2) is 11.8. The van der Waals surface area contributed by atoms with Gasteiger partial charge in [0.1, 0.15) is 5.82 Å². The molecule has 35 heavy (non-hydrogen) atoms. The summed E-state index contributed by atoms with van der Waals surface area (Å²) < 4.78 is 0. The fourth-order valence-electron chi connectivity index (χ4n) is 4.23. The smallest absolute Gasteiger partial charge is 0.134 e. The van der Waals surface area contributed by atoms with Crippen molar-refractivity contribution in [2.24, 2.45) is 4.99 Å². The van der Waals surface area contributed by atoms with Crippen LogP contribution in [0.1, 0.15) is 30.9 Å². The maximum Gasteiger partial charge on any atom is 0.134 e. The average Bonchev–Trinajstić information content (AvgIpc) is 3.14. The van der Waals surface area contributed by atoms with Gasteiger partial charge in [0.15, 0.2) is 0 Å². The number of anilines is 1. The van der Waals surface area contributed by atoms with Crippen molar-refractivity contribution in [1.82, 2.24) is 9.88 Å². The van der Waals surface area contributed by atoms with Crippen LogP contribution in [0.2, 0.25) is 0 Å². The first-order chi connectivity index (χ1) is 16.7. The van der Waals surface area contributed by atoms with Crippen LogP contribution in [-0.4, -0.2) is 65.7 Å². The molecule has 3 atom stereocenters. The topological polar surface area (TPSA) is 81.0 Å². The molecule has 1 aliphatic carbocycles. The first kappa shape index (κ1) is 26.1. The number of pyridine rings is 1. The average molecular weight is 473 g/mol. The van der Waals surface area contributed by atoms with Crippen LogP contribution in [0, 0.1) is 0 Å². The number of allylic oxidation sites excluding steroid dienone is 5. The summed E-state index contributed by atoms with van der Waals surface area (Å²) in [5.74, 6) is 0.631. The lowest BCUT2D eigenvalue weighted by molar-refractivity contribution is 0.0391. The van der Waals surface area contributed by atoms with E-state index in [-0.39, 0.29) is 6.04 Å². The zero-order chi connectivity index (χ0) is 25.5. The predicted molar refractivity (Wildman–Crippen MR) is 147 cm³/mol. The molecule has 1 saturated carbocycles. The highest BCUT2D eigenvalue weighted by molar-refractivity contribution is 6.12. The third-order valence-corrected chi connectivity index (χ3v) is 5.89. The second-order valence-electron chi connectivity index (χ2n) is 9.15. The van der Waals surface area contributed by atoms with Crippen LogP contribution in [0.25, 0.3) is 22.4 Å². The van der Waals surface area contributed by atoms with E-state index in [1.165, 1.54) is 0 Å². The van der Waals surface area contributed by atoms with E-state index in [0.29, 0.717) is 18.7 Å². The van der Waals surface area contributed by atoms with E-state index >= 15 is 0 Å². The second-order valence-corrected chi connectivity index (χ2v) is 9.15. The van der Waals surface area contributed by atoms with Crippen molar-refractivity contribution in [2.45, 2.75) is 38.0 Å². The highest BCUT2D eigenvalue weighted by Crippen LogP contribution is 2.31. The molecule has 0 saturated heterocycles. The minimum Gasteiger partial charge on any atom is -0.390 e. The SMILES string of the molecule is C=C/C(=C\N(C)C)c1cccc(-c2ccc(C(/C=N\C)=C/C(=C)C)c(N[C@H]3CC[C@H](O)[C@H]3O)n2)c1. The summed E-state index contributed by atoms with van der Waals surface area (Å²) in [5, 5.41) is 23.9. The lowest BCUT2D eigenvalue weighted by Crippen LogP contribution is -2.34. The van der Waals surface area contributed by atoms with E-state index in [1.54, 1.807) is 13.3 Å². The Labute approximate surface area is 208 Å². The summed E-state index contributed by atoms with van der Waals surface area (Å²) in [6, 6.07) is 11.9. The van der Waals surface area contributed by atoms with Gasteiger partial charge in [0, 0.05) is 50.3 Å². The van der Waals surface area contributed by atoms with Gasteiger partial charge in [-0.2, -0.15) is 0 Å². The normalized spacial score (nSPS) is 20.8. The number of nitrogens with zero attached hydrogens (tertiary/aromatic N) is 3. The Balaban J connectivity index is 2.10. The van der Waals surface area contributed by atoms with Crippen LogP contribution in [-0.2, 0) is 0 Å². The van der Waals surface area contributed by atoms with E-state index < -0.39 is 12.2 Å². The summed E-state index contributed by atoms with van der Waals surface area (Å²) in [7, 11) is 5.69. The summed E-state index contributed by atoms with van der Waals surface area (Å²) in [4.78, 5) is 11.2. The standard InChI is InChI=1S/C29H36N4O2/c1-7-20(18-33(5)6)21-9-8-10-22(16-21)25-12-11-24(23(17-30-4)15-19(2)3)29(31-25)32-26-13-14-27(34)28(26)35/h7-12,15-18,26-28,34-35H,1-2,13-14H2,3-6H3,(H,31,32)/b20-18+,23-15+,30-17-/t26-,27-,28-/m0/s1. The predicted octanol–water partition coefficient (Wildman–Crippen LogP) is 4.79. The maximum absolute atomic E-state index is 10.5. The highest BCUT2D eigenvalue weighted by atomic mass is 16.3. The van der Waals surface area contributed by atoms with Gasteiger partial charge in [-0.15, -0.1) is 0 Å². The molecule has 1 aromatic carbocycles. The van der Waals surface area contributed by atoms with Crippen molar-refractivity contribution in [3.05, 3.63) is 84.6 Å². The van der Waals surface area contributed by atoms with Crippen LogP contribution in [0.5, 0.6) is 0 Å². The van der Waals surface area contributed by atoms with Crippen molar-refractivity contribution >= 4 is 23.2 Å². The Morgan fingerprint density at radius 3 is 2.54 bits per heavy atom. The molecule has 0 unspecified atom stereocenters. The van der Waals surface area contributed by atoms with Gasteiger partial charge in [0.2, 0.25) is 0 Å². The van der Waals surface area contributed by atoms with Crippen LogP contribution in [0.4, 0.5) is 5.82 Å². The molecule has 0 bridgehead atoms. The molecule has 0 spiro atoms. The number of aliphatic imine (C=N–C) groups is 1. The Kier molecular flexibility index (Phi) is 8.79. The molecule has 3 rings (SSSR count). The first-order valence-electron chi connectivity index (χ1n) is 11.8. The van der Waals surface area contributed by atoms with E-state index in [9.17, 15) is 10.2 Å². The van der Waals surface area contributed by atoms with Crippen LogP contribution in [0.3, 0.4) is 0 Å². The zero-order valence-corrected chi connectivity index (χ0v) is 21.1. The quantitative estimate of drug-likeness (QED) is 0.361. The van der Waals surface area contributed by atoms with Crippen LogP contribution < -0.4 is 5.32 Å². The third-order valence-electron chi connectivity index (χ3n) is 5.89. The molecule has 0 amide bonds. The highest BCUT2D eigenvalue weighted by Gasteiger charge is 2.34. The summed E-state index contributed by atoms with van der Waals surface area (Å²) >= 11 is 0. The fourth-order valence-corrected chi connectivity index (χ4v) is 4.23. The lowest BCUT2D eigenvalue weighted by Gasteiger charge is -2.21. The number of benzene rings is 1. The monoisotopic (exact) mass is 472 g/mol. The Bertz CT molecular complexity index is 1160. The Morgan fingerprint density at radius 2 is 1.94 bits per heavy atom. The van der Waals surface area contributed by atoms with Crippen LogP contribution >= 0.6 is 0 Å². The molecule has 0 radical (unpaired) electrons. The number of hydrogen-bond acceptors (Lipinski definition) is 6. The van der Waals surface area contributed by atoms with Gasteiger partial charge in [-0.05, 0) is 49.1 Å². The molecule has 6 heteroatoms. The molecule has 2 aromatic rings. The summed E-state index contributed by atoms with van der Waals surface area (Å²) in [5.41, 5.74) is 6.43. The number of rotatable bonds is 9. The number of aliphatic hydroxyl groups excluding tert-OH is 2. The maximum atomic E-state index is 10.5. The molecular formula is C29H36N4O2. The zero-order valence-electron chi connectivity index (χ0n) is 21.1. The van der Waals surface area contributed by atoms with Gasteiger partial charge in [-0.25, -0.2) is 4.98 Å². The molecule has 1 aliphatic rings. The summed E-state index contributed by atoms with van der Waals surface area (Å²) in [6.07, 6.45) is 7.22.